The SMILES string of the molecule is CC(C)NS(=O)(=O)NCc1ccc(C(=N)N)cc1F. The van der Waals surface area contributed by atoms with Gasteiger partial charge < -0.3 is 5.73 Å². The Kier molecular flexibility index (Phi) is 4.98. The number of halogens is 1. The summed E-state index contributed by atoms with van der Waals surface area (Å²) >= 11 is 0. The van der Waals surface area contributed by atoms with Crippen LogP contribution < -0.4 is 15.2 Å². The number of nitrogen functional groups attached to an aromatic ring is 1. The standard InChI is InChI=1S/C11H17FN4O2S/c1-7(2)16-19(17,18)15-6-9-4-3-8(11(13)14)5-10(9)12/h3-5,7,15-16H,6H2,1-2H3,(H3,13,14). The number of nitrogens with one attached hydrogen (secondary N) is 3. The van der Waals surface area contributed by atoms with Gasteiger partial charge in [0.05, 0.1) is 0 Å². The zero-order valence-corrected chi connectivity index (χ0v) is 11.5. The maximum atomic E-state index is 13.6. The van der Waals surface area contributed by atoms with E-state index in [1.54, 1.807) is 13.8 Å². The van der Waals surface area contributed by atoms with E-state index in [9.17, 15) is 12.8 Å². The summed E-state index contributed by atoms with van der Waals surface area (Å²) in [7, 11) is -3.66. The molecule has 0 radical (unpaired) electrons. The van der Waals surface area contributed by atoms with Gasteiger partial charge in [-0.3, -0.25) is 5.41 Å². The molecule has 1 aromatic rings. The van der Waals surface area contributed by atoms with Gasteiger partial charge in [0.1, 0.15) is 11.7 Å². The summed E-state index contributed by atoms with van der Waals surface area (Å²) in [4.78, 5) is 0. The number of amidine groups is 1. The van der Waals surface area contributed by atoms with Gasteiger partial charge in [0, 0.05) is 23.7 Å². The molecule has 1 rings (SSSR count). The van der Waals surface area contributed by atoms with E-state index < -0.39 is 16.0 Å². The third-order valence-electron chi connectivity index (χ3n) is 2.21. The van der Waals surface area contributed by atoms with Crippen molar-refractivity contribution in [2.75, 3.05) is 0 Å². The number of hydrogen-bond acceptors (Lipinski definition) is 3. The second-order valence-corrected chi connectivity index (χ2v) is 5.85. The van der Waals surface area contributed by atoms with Crippen molar-refractivity contribution < 1.29 is 12.8 Å². The van der Waals surface area contributed by atoms with Crippen molar-refractivity contribution in [2.24, 2.45) is 5.73 Å². The quantitative estimate of drug-likeness (QED) is 0.450. The minimum atomic E-state index is -3.66. The summed E-state index contributed by atoms with van der Waals surface area (Å²) in [5.41, 5.74) is 5.66. The summed E-state index contributed by atoms with van der Waals surface area (Å²) < 4.78 is 41.2. The first-order valence-electron chi connectivity index (χ1n) is 5.61. The van der Waals surface area contributed by atoms with E-state index in [0.29, 0.717) is 0 Å². The maximum absolute atomic E-state index is 13.6. The molecule has 0 amide bonds. The van der Waals surface area contributed by atoms with Gasteiger partial charge in [0.15, 0.2) is 0 Å². The molecule has 106 valence electrons. The Labute approximate surface area is 111 Å². The number of hydrogen-bond donors (Lipinski definition) is 4. The highest BCUT2D eigenvalue weighted by atomic mass is 32.2. The van der Waals surface area contributed by atoms with Gasteiger partial charge in [-0.1, -0.05) is 12.1 Å². The van der Waals surface area contributed by atoms with Crippen LogP contribution in [0, 0.1) is 11.2 Å². The van der Waals surface area contributed by atoms with Crippen LogP contribution in [0.15, 0.2) is 18.2 Å². The Morgan fingerprint density at radius 3 is 2.58 bits per heavy atom. The summed E-state index contributed by atoms with van der Waals surface area (Å²) in [6.07, 6.45) is 0. The molecule has 0 aliphatic carbocycles. The lowest BCUT2D eigenvalue weighted by molar-refractivity contribution is 0.551. The first-order valence-corrected chi connectivity index (χ1v) is 7.09. The monoisotopic (exact) mass is 288 g/mol. The summed E-state index contributed by atoms with van der Waals surface area (Å²) in [5.74, 6) is -0.854. The molecule has 0 aromatic heterocycles. The van der Waals surface area contributed by atoms with Gasteiger partial charge in [-0.25, -0.2) is 4.39 Å². The Morgan fingerprint density at radius 2 is 2.11 bits per heavy atom. The number of nitrogens with two attached hydrogens (primary N) is 1. The average molecular weight is 288 g/mol. The van der Waals surface area contributed by atoms with Crippen LogP contribution >= 0.6 is 0 Å². The Bertz CT molecular complexity index is 572. The van der Waals surface area contributed by atoms with Crippen molar-refractivity contribution in [1.29, 1.82) is 5.41 Å². The molecule has 0 aliphatic heterocycles. The van der Waals surface area contributed by atoms with Crippen molar-refractivity contribution in [1.82, 2.24) is 9.44 Å². The second-order valence-electron chi connectivity index (χ2n) is 4.32. The third-order valence-corrected chi connectivity index (χ3v) is 3.51. The summed E-state index contributed by atoms with van der Waals surface area (Å²) in [6.45, 7) is 3.19. The average Bonchev–Trinajstić information content (AvgIpc) is 2.25. The molecule has 0 bridgehead atoms. The van der Waals surface area contributed by atoms with Crippen molar-refractivity contribution >= 4 is 16.0 Å². The van der Waals surface area contributed by atoms with E-state index in [1.165, 1.54) is 12.1 Å². The second kappa shape index (κ2) is 6.09. The van der Waals surface area contributed by atoms with Gasteiger partial charge in [0.25, 0.3) is 10.2 Å². The molecule has 6 nitrogen and oxygen atoms in total. The fourth-order valence-electron chi connectivity index (χ4n) is 1.38. The lowest BCUT2D eigenvalue weighted by Gasteiger charge is -2.11. The molecule has 1 aromatic carbocycles. The lowest BCUT2D eigenvalue weighted by Crippen LogP contribution is -2.40. The van der Waals surface area contributed by atoms with Crippen molar-refractivity contribution in [2.45, 2.75) is 26.4 Å². The smallest absolute Gasteiger partial charge is 0.277 e. The Hall–Kier alpha value is -1.51. The van der Waals surface area contributed by atoms with E-state index in [2.05, 4.69) is 9.44 Å². The normalized spacial score (nSPS) is 11.8. The van der Waals surface area contributed by atoms with Gasteiger partial charge in [-0.05, 0) is 19.9 Å². The minimum absolute atomic E-state index is 0.175. The van der Waals surface area contributed by atoms with Crippen LogP contribution in [-0.4, -0.2) is 20.3 Å². The molecule has 5 N–H and O–H groups in total. The molecular formula is C11H17FN4O2S. The molecule has 0 fully saturated rings. The van der Waals surface area contributed by atoms with E-state index in [0.717, 1.165) is 6.07 Å². The molecule has 0 spiro atoms. The van der Waals surface area contributed by atoms with Gasteiger partial charge in [0.2, 0.25) is 0 Å². The molecule has 19 heavy (non-hydrogen) atoms. The third kappa shape index (κ3) is 4.93. The molecule has 0 aliphatic rings. The van der Waals surface area contributed by atoms with E-state index >= 15 is 0 Å². The molecule has 0 saturated heterocycles. The maximum Gasteiger partial charge on any atom is 0.277 e. The molecule has 0 saturated carbocycles. The summed E-state index contributed by atoms with van der Waals surface area (Å²) in [5, 5.41) is 7.17. The summed E-state index contributed by atoms with van der Waals surface area (Å²) in [6, 6.07) is 3.71. The number of rotatable bonds is 6. The van der Waals surface area contributed by atoms with Crippen LogP contribution in [0.4, 0.5) is 4.39 Å². The molecule has 0 atom stereocenters. The zero-order valence-electron chi connectivity index (χ0n) is 10.7. The van der Waals surface area contributed by atoms with Gasteiger partial charge in [-0.2, -0.15) is 17.9 Å². The van der Waals surface area contributed by atoms with Crippen LogP contribution in [0.5, 0.6) is 0 Å². The van der Waals surface area contributed by atoms with Crippen LogP contribution in [-0.2, 0) is 16.8 Å². The van der Waals surface area contributed by atoms with Crippen LogP contribution in [0.3, 0.4) is 0 Å². The van der Waals surface area contributed by atoms with Gasteiger partial charge >= 0.3 is 0 Å². The van der Waals surface area contributed by atoms with Crippen LogP contribution in [0.1, 0.15) is 25.0 Å². The van der Waals surface area contributed by atoms with E-state index in [4.69, 9.17) is 11.1 Å². The number of benzene rings is 1. The molecule has 0 unspecified atom stereocenters. The van der Waals surface area contributed by atoms with Gasteiger partial charge in [-0.15, -0.1) is 0 Å². The highest BCUT2D eigenvalue weighted by Crippen LogP contribution is 2.10. The predicted octanol–water partition coefficient (Wildman–Crippen LogP) is 0.442. The molecule has 8 heteroatoms. The van der Waals surface area contributed by atoms with Crippen molar-refractivity contribution in [3.63, 3.8) is 0 Å². The van der Waals surface area contributed by atoms with Crippen molar-refractivity contribution in [3.05, 3.63) is 35.1 Å². The van der Waals surface area contributed by atoms with Crippen LogP contribution in [0.25, 0.3) is 0 Å². The lowest BCUT2D eigenvalue weighted by atomic mass is 10.1. The Morgan fingerprint density at radius 1 is 1.47 bits per heavy atom. The van der Waals surface area contributed by atoms with E-state index in [-0.39, 0.29) is 29.5 Å². The zero-order chi connectivity index (χ0) is 14.6. The first-order chi connectivity index (χ1) is 8.71. The van der Waals surface area contributed by atoms with Crippen molar-refractivity contribution in [3.8, 4) is 0 Å². The highest BCUT2D eigenvalue weighted by molar-refractivity contribution is 7.87. The fourth-order valence-corrected chi connectivity index (χ4v) is 2.43. The topological polar surface area (TPSA) is 108 Å². The molecule has 0 heterocycles. The largest absolute Gasteiger partial charge is 0.384 e. The predicted molar refractivity (Wildman–Crippen MR) is 71.4 cm³/mol. The highest BCUT2D eigenvalue weighted by Gasteiger charge is 2.12. The molecular weight excluding hydrogens is 271 g/mol. The van der Waals surface area contributed by atoms with Crippen LogP contribution in [0.2, 0.25) is 0 Å². The first kappa shape index (κ1) is 15.5. The van der Waals surface area contributed by atoms with E-state index in [1.807, 2.05) is 0 Å². The Balaban J connectivity index is 2.76. The fraction of sp³-hybridized carbons (Fsp3) is 0.364. The minimum Gasteiger partial charge on any atom is -0.384 e.